The van der Waals surface area contributed by atoms with Gasteiger partial charge in [-0.2, -0.15) is 0 Å². The average molecular weight is 201 g/mol. The minimum absolute atomic E-state index is 0.264. The molecule has 1 aromatic carbocycles. The summed E-state index contributed by atoms with van der Waals surface area (Å²) in [5.41, 5.74) is 3.09. The molecule has 1 aliphatic heterocycles. The summed E-state index contributed by atoms with van der Waals surface area (Å²) >= 11 is 0. The molecule has 2 rings (SSSR count). The number of hydrogen-bond donors (Lipinski definition) is 0. The Labute approximate surface area is 92.2 Å². The zero-order valence-corrected chi connectivity index (χ0v) is 9.66. The Balaban J connectivity index is 2.20. The van der Waals surface area contributed by atoms with Crippen LogP contribution in [0.5, 0.6) is 0 Å². The summed E-state index contributed by atoms with van der Waals surface area (Å²) in [6, 6.07) is 10.8. The van der Waals surface area contributed by atoms with Crippen LogP contribution in [0.1, 0.15) is 38.7 Å². The molecule has 0 radical (unpaired) electrons. The molecule has 1 aliphatic rings. The molecule has 0 aliphatic carbocycles. The highest BCUT2D eigenvalue weighted by molar-refractivity contribution is 5.85. The van der Waals surface area contributed by atoms with E-state index in [2.05, 4.69) is 44.2 Å². The lowest BCUT2D eigenvalue weighted by Crippen LogP contribution is -2.30. The van der Waals surface area contributed by atoms with Crippen LogP contribution in [0.15, 0.2) is 35.3 Å². The smallest absolute Gasteiger partial charge is 0.0483 e. The molecule has 1 heteroatoms. The fraction of sp³-hybridized carbons (Fsp3) is 0.500. The Morgan fingerprint density at radius 1 is 1.27 bits per heavy atom. The van der Waals surface area contributed by atoms with E-state index in [1.165, 1.54) is 24.1 Å². The van der Waals surface area contributed by atoms with Gasteiger partial charge in [0.2, 0.25) is 0 Å². The molecule has 1 nitrogen and oxygen atoms in total. The first-order chi connectivity index (χ1) is 7.24. The third-order valence-electron chi connectivity index (χ3n) is 3.50. The van der Waals surface area contributed by atoms with Gasteiger partial charge >= 0.3 is 0 Å². The molecule has 0 N–H and O–H groups in total. The molecule has 80 valence electrons. The second-order valence-electron chi connectivity index (χ2n) is 4.66. The summed E-state index contributed by atoms with van der Waals surface area (Å²) in [5.74, 6) is 0. The van der Waals surface area contributed by atoms with Gasteiger partial charge in [0.05, 0.1) is 0 Å². The zero-order valence-electron chi connectivity index (χ0n) is 9.66. The van der Waals surface area contributed by atoms with Gasteiger partial charge in [-0.05, 0) is 24.8 Å². The van der Waals surface area contributed by atoms with Crippen molar-refractivity contribution in [2.75, 3.05) is 6.54 Å². The lowest BCUT2D eigenvalue weighted by atomic mass is 9.76. The van der Waals surface area contributed by atoms with E-state index in [4.69, 9.17) is 4.99 Å². The van der Waals surface area contributed by atoms with Crippen LogP contribution in [0.25, 0.3) is 0 Å². The Kier molecular flexibility index (Phi) is 2.90. The predicted octanol–water partition coefficient (Wildman–Crippen LogP) is 3.59. The third-order valence-corrected chi connectivity index (χ3v) is 3.50. The lowest BCUT2D eigenvalue weighted by Gasteiger charge is -2.32. The second kappa shape index (κ2) is 4.18. The summed E-state index contributed by atoms with van der Waals surface area (Å²) in [4.78, 5) is 4.69. The molecule has 1 atom stereocenters. The number of rotatable bonds is 2. The van der Waals surface area contributed by atoms with Gasteiger partial charge in [-0.1, -0.05) is 44.2 Å². The predicted molar refractivity (Wildman–Crippen MR) is 65.6 cm³/mol. The third kappa shape index (κ3) is 2.11. The maximum atomic E-state index is 4.69. The Hall–Kier alpha value is -1.11. The van der Waals surface area contributed by atoms with Crippen LogP contribution in [-0.4, -0.2) is 12.3 Å². The van der Waals surface area contributed by atoms with Gasteiger partial charge < -0.3 is 0 Å². The lowest BCUT2D eigenvalue weighted by molar-refractivity contribution is 0.437. The minimum Gasteiger partial charge on any atom is -0.293 e. The van der Waals surface area contributed by atoms with E-state index < -0.39 is 0 Å². The van der Waals surface area contributed by atoms with E-state index in [0.717, 1.165) is 13.0 Å². The van der Waals surface area contributed by atoms with Crippen molar-refractivity contribution in [2.45, 2.75) is 38.5 Å². The van der Waals surface area contributed by atoms with Crippen molar-refractivity contribution in [3.63, 3.8) is 0 Å². The van der Waals surface area contributed by atoms with Crippen molar-refractivity contribution < 1.29 is 0 Å². The first-order valence-corrected chi connectivity index (χ1v) is 5.82. The van der Waals surface area contributed by atoms with Crippen molar-refractivity contribution >= 4 is 5.71 Å². The summed E-state index contributed by atoms with van der Waals surface area (Å²) in [7, 11) is 0. The number of benzene rings is 1. The minimum atomic E-state index is 0.264. The highest BCUT2D eigenvalue weighted by atomic mass is 14.8. The molecule has 0 aromatic heterocycles. The molecule has 1 heterocycles. The molecule has 0 amide bonds. The van der Waals surface area contributed by atoms with Crippen LogP contribution in [0.2, 0.25) is 0 Å². The maximum absolute atomic E-state index is 4.69. The first kappa shape index (κ1) is 10.4. The number of hydrogen-bond acceptors (Lipinski definition) is 1. The maximum Gasteiger partial charge on any atom is 0.0483 e. The molecule has 0 saturated heterocycles. The molecule has 1 unspecified atom stereocenters. The highest BCUT2D eigenvalue weighted by Crippen LogP contribution is 2.32. The summed E-state index contributed by atoms with van der Waals surface area (Å²) in [5, 5.41) is 0. The van der Waals surface area contributed by atoms with Gasteiger partial charge in [-0.25, -0.2) is 0 Å². The Bertz CT molecular complexity index is 353. The summed E-state index contributed by atoms with van der Waals surface area (Å²) in [6.07, 6.45) is 3.52. The van der Waals surface area contributed by atoms with Gasteiger partial charge in [0.1, 0.15) is 0 Å². The van der Waals surface area contributed by atoms with Crippen molar-refractivity contribution in [1.82, 2.24) is 0 Å². The Morgan fingerprint density at radius 2 is 2.00 bits per heavy atom. The summed E-state index contributed by atoms with van der Waals surface area (Å²) in [6.45, 7) is 5.49. The topological polar surface area (TPSA) is 12.4 Å². The largest absolute Gasteiger partial charge is 0.293 e. The van der Waals surface area contributed by atoms with Crippen LogP contribution >= 0.6 is 0 Å². The molecule has 0 spiro atoms. The van der Waals surface area contributed by atoms with E-state index in [0.29, 0.717) is 0 Å². The molecular formula is C14H19N. The van der Waals surface area contributed by atoms with Gasteiger partial charge in [0.25, 0.3) is 0 Å². The Morgan fingerprint density at radius 3 is 2.53 bits per heavy atom. The molecule has 15 heavy (non-hydrogen) atoms. The van der Waals surface area contributed by atoms with E-state index in [1.807, 2.05) is 0 Å². The second-order valence-corrected chi connectivity index (χ2v) is 4.66. The van der Waals surface area contributed by atoms with E-state index in [-0.39, 0.29) is 5.41 Å². The van der Waals surface area contributed by atoms with Crippen LogP contribution in [0.4, 0.5) is 0 Å². The number of aliphatic imine (C=N–C) groups is 1. The van der Waals surface area contributed by atoms with E-state index >= 15 is 0 Å². The first-order valence-electron chi connectivity index (χ1n) is 5.82. The van der Waals surface area contributed by atoms with Gasteiger partial charge in [-0.15, -0.1) is 0 Å². The standard InChI is InChI=1S/C14H19N/c1-3-13-9-10-14(2,11-15-13)12-7-5-4-6-8-12/h4-8H,3,9-11H2,1-2H3. The van der Waals surface area contributed by atoms with Crippen molar-refractivity contribution in [2.24, 2.45) is 4.99 Å². The SMILES string of the molecule is CCC1=NCC(C)(c2ccccc2)CC1. The molecule has 1 aromatic rings. The van der Waals surface area contributed by atoms with Crippen LogP contribution in [0, 0.1) is 0 Å². The van der Waals surface area contributed by atoms with Crippen LogP contribution in [-0.2, 0) is 5.41 Å². The van der Waals surface area contributed by atoms with E-state index in [9.17, 15) is 0 Å². The van der Waals surface area contributed by atoms with Crippen molar-refractivity contribution in [3.8, 4) is 0 Å². The number of nitrogens with zero attached hydrogens (tertiary/aromatic N) is 1. The molecular weight excluding hydrogens is 182 g/mol. The van der Waals surface area contributed by atoms with Crippen LogP contribution < -0.4 is 0 Å². The van der Waals surface area contributed by atoms with Gasteiger partial charge in [-0.3, -0.25) is 4.99 Å². The fourth-order valence-corrected chi connectivity index (χ4v) is 2.23. The molecule has 0 saturated carbocycles. The summed E-state index contributed by atoms with van der Waals surface area (Å²) < 4.78 is 0. The zero-order chi connectivity index (χ0) is 10.7. The van der Waals surface area contributed by atoms with Gasteiger partial charge in [0.15, 0.2) is 0 Å². The quantitative estimate of drug-likeness (QED) is 0.693. The monoisotopic (exact) mass is 201 g/mol. The van der Waals surface area contributed by atoms with Crippen molar-refractivity contribution in [1.29, 1.82) is 0 Å². The van der Waals surface area contributed by atoms with Crippen LogP contribution in [0.3, 0.4) is 0 Å². The highest BCUT2D eigenvalue weighted by Gasteiger charge is 2.29. The van der Waals surface area contributed by atoms with E-state index in [1.54, 1.807) is 0 Å². The molecule has 0 bridgehead atoms. The fourth-order valence-electron chi connectivity index (χ4n) is 2.23. The van der Waals surface area contributed by atoms with Gasteiger partial charge in [0, 0.05) is 17.7 Å². The molecule has 0 fully saturated rings. The normalized spacial score (nSPS) is 26.1. The average Bonchev–Trinajstić information content (AvgIpc) is 2.31. The van der Waals surface area contributed by atoms with Crippen molar-refractivity contribution in [3.05, 3.63) is 35.9 Å².